The monoisotopic (exact) mass is 344 g/mol. The first kappa shape index (κ1) is 19.3. The summed E-state index contributed by atoms with van der Waals surface area (Å²) in [6, 6.07) is 7.91. The van der Waals surface area contributed by atoms with Crippen LogP contribution in [0.1, 0.15) is 55.5 Å². The van der Waals surface area contributed by atoms with Crippen molar-refractivity contribution in [3.63, 3.8) is 0 Å². The molecule has 1 aliphatic rings. The van der Waals surface area contributed by atoms with Crippen LogP contribution in [0.3, 0.4) is 0 Å². The average molecular weight is 345 g/mol. The van der Waals surface area contributed by atoms with Gasteiger partial charge in [-0.15, -0.1) is 0 Å². The van der Waals surface area contributed by atoms with Crippen LogP contribution in [0, 0.1) is 5.92 Å². The lowest BCUT2D eigenvalue weighted by Gasteiger charge is -2.26. The molecular weight excluding hydrogens is 312 g/mol. The van der Waals surface area contributed by atoms with Crippen LogP contribution >= 0.6 is 0 Å². The Labute approximate surface area is 151 Å². The van der Waals surface area contributed by atoms with Gasteiger partial charge in [-0.25, -0.2) is 0 Å². The predicted octanol–water partition coefficient (Wildman–Crippen LogP) is 3.02. The highest BCUT2D eigenvalue weighted by atomic mass is 16.2. The number of nitrogens with zero attached hydrogens (tertiary/aromatic N) is 2. The van der Waals surface area contributed by atoms with Crippen LogP contribution in [0.4, 0.5) is 0 Å². The Morgan fingerprint density at radius 1 is 1.12 bits per heavy atom. The highest BCUT2D eigenvalue weighted by Crippen LogP contribution is 2.13. The van der Waals surface area contributed by atoms with Gasteiger partial charge in [0, 0.05) is 38.8 Å². The molecule has 5 heteroatoms. The normalized spacial score (nSPS) is 15.4. The predicted molar refractivity (Wildman–Crippen MR) is 104 cm³/mol. The molecule has 25 heavy (non-hydrogen) atoms. The number of hydrogen-bond acceptors (Lipinski definition) is 2. The SMILES string of the molecule is CN=C(NCCC(C)C)NCc1ccc(C(=O)N2CCCCC2)cc1. The Morgan fingerprint density at radius 3 is 2.40 bits per heavy atom. The van der Waals surface area contributed by atoms with E-state index in [2.05, 4.69) is 29.5 Å². The highest BCUT2D eigenvalue weighted by Gasteiger charge is 2.17. The van der Waals surface area contributed by atoms with E-state index in [1.165, 1.54) is 6.42 Å². The second-order valence-electron chi connectivity index (χ2n) is 7.08. The largest absolute Gasteiger partial charge is 0.356 e. The van der Waals surface area contributed by atoms with Crippen molar-refractivity contribution in [2.45, 2.75) is 46.1 Å². The van der Waals surface area contributed by atoms with Crippen LogP contribution in [0.15, 0.2) is 29.3 Å². The summed E-state index contributed by atoms with van der Waals surface area (Å²) < 4.78 is 0. The highest BCUT2D eigenvalue weighted by molar-refractivity contribution is 5.94. The molecule has 0 bridgehead atoms. The minimum Gasteiger partial charge on any atom is -0.356 e. The van der Waals surface area contributed by atoms with Gasteiger partial charge in [-0.2, -0.15) is 0 Å². The van der Waals surface area contributed by atoms with Crippen LogP contribution in [-0.2, 0) is 6.54 Å². The quantitative estimate of drug-likeness (QED) is 0.616. The molecule has 0 unspecified atom stereocenters. The van der Waals surface area contributed by atoms with Crippen molar-refractivity contribution < 1.29 is 4.79 Å². The molecule has 138 valence electrons. The average Bonchev–Trinajstić information content (AvgIpc) is 2.65. The minimum atomic E-state index is 0.158. The number of piperidine rings is 1. The van der Waals surface area contributed by atoms with E-state index in [-0.39, 0.29) is 5.91 Å². The van der Waals surface area contributed by atoms with Crippen molar-refractivity contribution in [2.24, 2.45) is 10.9 Å². The third-order valence-electron chi connectivity index (χ3n) is 4.54. The van der Waals surface area contributed by atoms with E-state index >= 15 is 0 Å². The topological polar surface area (TPSA) is 56.7 Å². The van der Waals surface area contributed by atoms with Crippen molar-refractivity contribution >= 4 is 11.9 Å². The van der Waals surface area contributed by atoms with Crippen molar-refractivity contribution in [2.75, 3.05) is 26.7 Å². The molecule has 0 spiro atoms. The van der Waals surface area contributed by atoms with Crippen LogP contribution in [0.25, 0.3) is 0 Å². The molecule has 1 fully saturated rings. The van der Waals surface area contributed by atoms with Gasteiger partial charge >= 0.3 is 0 Å². The fourth-order valence-electron chi connectivity index (χ4n) is 2.93. The summed E-state index contributed by atoms with van der Waals surface area (Å²) in [6.07, 6.45) is 4.60. The zero-order valence-corrected chi connectivity index (χ0v) is 15.8. The molecule has 1 heterocycles. The zero-order valence-electron chi connectivity index (χ0n) is 15.8. The molecule has 2 N–H and O–H groups in total. The maximum Gasteiger partial charge on any atom is 0.253 e. The van der Waals surface area contributed by atoms with Gasteiger partial charge in [-0.05, 0) is 49.3 Å². The summed E-state index contributed by atoms with van der Waals surface area (Å²) in [5, 5.41) is 6.64. The van der Waals surface area contributed by atoms with Gasteiger partial charge in [0.25, 0.3) is 5.91 Å². The summed E-state index contributed by atoms with van der Waals surface area (Å²) >= 11 is 0. The number of aliphatic imine (C=N–C) groups is 1. The van der Waals surface area contributed by atoms with E-state index in [1.54, 1.807) is 7.05 Å². The smallest absolute Gasteiger partial charge is 0.253 e. The first-order valence-corrected chi connectivity index (χ1v) is 9.43. The Balaban J connectivity index is 1.82. The minimum absolute atomic E-state index is 0.158. The number of amides is 1. The number of likely N-dealkylation sites (tertiary alicyclic amines) is 1. The summed E-state index contributed by atoms with van der Waals surface area (Å²) in [5.41, 5.74) is 1.92. The maximum atomic E-state index is 12.5. The van der Waals surface area contributed by atoms with Crippen molar-refractivity contribution in [3.05, 3.63) is 35.4 Å². The van der Waals surface area contributed by atoms with Gasteiger partial charge in [-0.1, -0.05) is 26.0 Å². The summed E-state index contributed by atoms with van der Waals surface area (Å²) in [6.45, 7) is 7.82. The van der Waals surface area contributed by atoms with Crippen molar-refractivity contribution in [1.29, 1.82) is 0 Å². The standard InChI is InChI=1S/C20H32N4O/c1-16(2)11-12-22-20(21-3)23-15-17-7-9-18(10-8-17)19(25)24-13-5-4-6-14-24/h7-10,16H,4-6,11-15H2,1-3H3,(H2,21,22,23). The molecular formula is C20H32N4O. The van der Waals surface area contributed by atoms with Crippen LogP contribution in [0.2, 0.25) is 0 Å². The van der Waals surface area contributed by atoms with E-state index < -0.39 is 0 Å². The Hall–Kier alpha value is -2.04. The van der Waals surface area contributed by atoms with E-state index in [1.807, 2.05) is 29.2 Å². The zero-order chi connectivity index (χ0) is 18.1. The maximum absolute atomic E-state index is 12.5. The summed E-state index contributed by atoms with van der Waals surface area (Å²) in [7, 11) is 1.78. The van der Waals surface area contributed by atoms with Crippen LogP contribution < -0.4 is 10.6 Å². The third kappa shape index (κ3) is 6.40. The number of nitrogens with one attached hydrogen (secondary N) is 2. The van der Waals surface area contributed by atoms with E-state index in [9.17, 15) is 4.79 Å². The third-order valence-corrected chi connectivity index (χ3v) is 4.54. The summed E-state index contributed by atoms with van der Waals surface area (Å²) in [5.74, 6) is 1.65. The summed E-state index contributed by atoms with van der Waals surface area (Å²) in [4.78, 5) is 18.7. The van der Waals surface area contributed by atoms with E-state index in [0.29, 0.717) is 12.5 Å². The first-order valence-electron chi connectivity index (χ1n) is 9.43. The lowest BCUT2D eigenvalue weighted by Crippen LogP contribution is -2.37. The second-order valence-corrected chi connectivity index (χ2v) is 7.08. The molecule has 1 saturated heterocycles. The number of benzene rings is 1. The van der Waals surface area contributed by atoms with Crippen LogP contribution in [0.5, 0.6) is 0 Å². The van der Waals surface area contributed by atoms with Gasteiger partial charge in [0.2, 0.25) is 0 Å². The second kappa shape index (κ2) is 10.1. The van der Waals surface area contributed by atoms with Gasteiger partial charge in [0.05, 0.1) is 0 Å². The Bertz CT molecular complexity index is 560. The Kier molecular flexibility index (Phi) is 7.76. The van der Waals surface area contributed by atoms with Gasteiger partial charge < -0.3 is 15.5 Å². The van der Waals surface area contributed by atoms with E-state index in [4.69, 9.17) is 0 Å². The molecule has 0 aromatic heterocycles. The molecule has 1 amide bonds. The molecule has 1 aromatic carbocycles. The number of carbonyl (C=O) groups is 1. The fraction of sp³-hybridized carbons (Fsp3) is 0.600. The lowest BCUT2D eigenvalue weighted by molar-refractivity contribution is 0.0724. The molecule has 0 aliphatic carbocycles. The first-order chi connectivity index (χ1) is 12.1. The molecule has 5 nitrogen and oxygen atoms in total. The number of carbonyl (C=O) groups excluding carboxylic acids is 1. The molecule has 0 radical (unpaired) electrons. The fourth-order valence-corrected chi connectivity index (χ4v) is 2.93. The molecule has 1 aromatic rings. The number of hydrogen-bond donors (Lipinski definition) is 2. The van der Waals surface area contributed by atoms with Crippen molar-refractivity contribution in [3.8, 4) is 0 Å². The number of guanidine groups is 1. The molecule has 0 saturated carbocycles. The molecule has 2 rings (SSSR count). The molecule has 1 aliphatic heterocycles. The number of rotatable bonds is 6. The van der Waals surface area contributed by atoms with Gasteiger partial charge in [0.15, 0.2) is 5.96 Å². The van der Waals surface area contributed by atoms with E-state index in [0.717, 1.165) is 56.0 Å². The van der Waals surface area contributed by atoms with Crippen molar-refractivity contribution in [1.82, 2.24) is 15.5 Å². The Morgan fingerprint density at radius 2 is 1.80 bits per heavy atom. The van der Waals surface area contributed by atoms with Crippen LogP contribution in [-0.4, -0.2) is 43.4 Å². The van der Waals surface area contributed by atoms with Gasteiger partial charge in [0.1, 0.15) is 0 Å². The van der Waals surface area contributed by atoms with Gasteiger partial charge in [-0.3, -0.25) is 9.79 Å². The lowest BCUT2D eigenvalue weighted by atomic mass is 10.1. The molecule has 0 atom stereocenters.